The van der Waals surface area contributed by atoms with Crippen LogP contribution >= 0.6 is 11.3 Å². The van der Waals surface area contributed by atoms with E-state index in [0.29, 0.717) is 0 Å². The van der Waals surface area contributed by atoms with Crippen LogP contribution < -0.4 is 9.80 Å². The van der Waals surface area contributed by atoms with Gasteiger partial charge >= 0.3 is 0 Å². The molecule has 0 aliphatic rings. The van der Waals surface area contributed by atoms with Gasteiger partial charge in [-0.3, -0.25) is 0 Å². The van der Waals surface area contributed by atoms with Crippen molar-refractivity contribution >= 4 is 87.6 Å². The van der Waals surface area contributed by atoms with Gasteiger partial charge in [0.15, 0.2) is 0 Å². The zero-order valence-corrected chi connectivity index (χ0v) is 62.1. The van der Waals surface area contributed by atoms with Crippen molar-refractivity contribution in [2.45, 2.75) is 0 Å². The first kappa shape index (κ1) is 67.0. The lowest BCUT2D eigenvalue weighted by molar-refractivity contribution is 0.670. The van der Waals surface area contributed by atoms with Gasteiger partial charge < -0.3 is 14.2 Å². The predicted molar refractivity (Wildman–Crippen MR) is 476 cm³/mol. The maximum absolute atomic E-state index is 7.51. The minimum Gasteiger partial charge on any atom is -0.455 e. The van der Waals surface area contributed by atoms with Crippen molar-refractivity contribution in [3.63, 3.8) is 0 Å². The van der Waals surface area contributed by atoms with Crippen LogP contribution in [0.2, 0.25) is 0 Å². The molecule has 0 aliphatic heterocycles. The molecule has 0 radical (unpaired) electrons. The highest BCUT2D eigenvalue weighted by atomic mass is 32.1. The molecule has 0 spiro atoms. The minimum atomic E-state index is 0.805. The van der Waals surface area contributed by atoms with Crippen LogP contribution in [0.15, 0.2) is 441 Å². The van der Waals surface area contributed by atoms with E-state index in [1.165, 1.54) is 70.2 Å². The van der Waals surface area contributed by atoms with Crippen molar-refractivity contribution in [1.82, 2.24) is 0 Å². The molecule has 20 rings (SSSR count). The first-order valence-corrected chi connectivity index (χ1v) is 39.1. The van der Waals surface area contributed by atoms with Crippen molar-refractivity contribution in [1.29, 1.82) is 0 Å². The van der Waals surface area contributed by atoms with E-state index in [1.54, 1.807) is 0 Å². The van der Waals surface area contributed by atoms with Gasteiger partial charge in [0, 0.05) is 75.9 Å². The van der Waals surface area contributed by atoms with Crippen LogP contribution in [-0.4, -0.2) is 0 Å². The second-order valence-corrected chi connectivity index (χ2v) is 29.7. The molecule has 526 valence electrons. The van der Waals surface area contributed by atoms with E-state index in [1.807, 2.05) is 11.3 Å². The van der Waals surface area contributed by atoms with E-state index in [4.69, 9.17) is 4.42 Å². The third-order valence-corrected chi connectivity index (χ3v) is 23.1. The first-order valence-electron chi connectivity index (χ1n) is 38.3. The van der Waals surface area contributed by atoms with Gasteiger partial charge in [-0.2, -0.15) is 0 Å². The van der Waals surface area contributed by atoms with E-state index in [-0.39, 0.29) is 0 Å². The quantitative estimate of drug-likeness (QED) is 0.0906. The van der Waals surface area contributed by atoms with Gasteiger partial charge in [-0.15, -0.1) is 11.3 Å². The Hall–Kier alpha value is -14.4. The predicted octanol–water partition coefficient (Wildman–Crippen LogP) is 31.2. The molecule has 4 heteroatoms. The molecule has 0 aliphatic carbocycles. The Morgan fingerprint density at radius 1 is 0.196 bits per heavy atom. The van der Waals surface area contributed by atoms with Crippen LogP contribution in [0.4, 0.5) is 34.1 Å². The summed E-state index contributed by atoms with van der Waals surface area (Å²) in [4.78, 5) is 4.86. The van der Waals surface area contributed by atoms with E-state index >= 15 is 0 Å². The summed E-state index contributed by atoms with van der Waals surface area (Å²) in [6.07, 6.45) is 0. The van der Waals surface area contributed by atoms with Crippen LogP contribution in [-0.2, 0) is 0 Å². The lowest BCUT2D eigenvalue weighted by Crippen LogP contribution is -2.13. The molecular formula is C108H72N2OS. The molecule has 0 atom stereocenters. The molecule has 0 saturated carbocycles. The highest BCUT2D eigenvalue weighted by molar-refractivity contribution is 7.26. The summed E-state index contributed by atoms with van der Waals surface area (Å²) in [6.45, 7) is 0. The van der Waals surface area contributed by atoms with Crippen molar-refractivity contribution in [2.24, 2.45) is 0 Å². The molecule has 3 nitrogen and oxygen atoms in total. The number of hydrogen-bond donors (Lipinski definition) is 0. The highest BCUT2D eigenvalue weighted by Crippen LogP contribution is 2.54. The summed E-state index contributed by atoms with van der Waals surface area (Å²) in [6, 6.07) is 159. The number of nitrogens with zero attached hydrogens (tertiary/aromatic N) is 2. The summed E-state index contributed by atoms with van der Waals surface area (Å²) < 4.78 is 10.1. The summed E-state index contributed by atoms with van der Waals surface area (Å²) >= 11 is 1.88. The Bertz CT molecular complexity index is 6680. The molecule has 20 aromatic rings. The molecular weight excluding hydrogens is 1370 g/mol. The van der Waals surface area contributed by atoms with Gasteiger partial charge in [-0.1, -0.05) is 352 Å². The van der Waals surface area contributed by atoms with Gasteiger partial charge in [0.25, 0.3) is 0 Å². The van der Waals surface area contributed by atoms with Gasteiger partial charge in [0.1, 0.15) is 11.2 Å². The van der Waals surface area contributed by atoms with Crippen LogP contribution in [0.25, 0.3) is 165 Å². The van der Waals surface area contributed by atoms with Crippen molar-refractivity contribution in [2.75, 3.05) is 9.80 Å². The van der Waals surface area contributed by atoms with Gasteiger partial charge in [-0.05, 0) is 185 Å². The highest BCUT2D eigenvalue weighted by Gasteiger charge is 2.29. The standard InChI is InChI=1S/C108H72N2OS/c1-7-24-73(25-8-1)77-42-44-79(45-43-77)82-50-59-90(60-51-82)109(91-65-56-84(57-66-91)95-68-69-98-97-39-20-22-41-103(97)112-108(98)104(95)86-48-46-78(47-49-86)74-26-9-2-10-27-74)101-40-21-19-38-94(101)89-37-23-36-87(70-89)88-58-67-96-100-72-99(83-32-15-5-16-33-83)106(105(85-34-17-6-18-35-85)107(100)111-102(96)71-88)110(92-61-52-80(53-62-92)75-28-11-3-12-29-75)93-63-54-81(55-64-93)76-30-13-4-14-31-76/h1-72H. The van der Waals surface area contributed by atoms with Crippen LogP contribution in [0.3, 0.4) is 0 Å². The molecule has 18 aromatic carbocycles. The monoisotopic (exact) mass is 1440 g/mol. The molecule has 112 heavy (non-hydrogen) atoms. The topological polar surface area (TPSA) is 19.6 Å². The third kappa shape index (κ3) is 12.7. The van der Waals surface area contributed by atoms with Gasteiger partial charge in [0.05, 0.1) is 11.4 Å². The average molecular weight is 1450 g/mol. The molecule has 0 unspecified atom stereocenters. The van der Waals surface area contributed by atoms with E-state index in [2.05, 4.69) is 447 Å². The van der Waals surface area contributed by atoms with Crippen LogP contribution in [0, 0.1) is 0 Å². The SMILES string of the molecule is c1ccc(-c2ccc(-c3ccc(N(c4ccc(-c5ccc6c(sc7ccccc76)c5-c5ccc(-c6ccccc6)cc5)cc4)c4ccccc4-c4cccc(-c5ccc6c(c5)oc5c(-c7ccccc7)c(N(c7ccc(-c8ccccc8)cc7)c7ccc(-c8ccccc8)cc7)c(-c7ccccc7)cc56)c4)cc3)cc2)cc1. The number of anilines is 6. The lowest BCUT2D eigenvalue weighted by Gasteiger charge is -2.31. The number of para-hydroxylation sites is 1. The average Bonchev–Trinajstić information content (AvgIpc) is 1.51. The Morgan fingerprint density at radius 2 is 0.554 bits per heavy atom. The normalized spacial score (nSPS) is 11.4. The van der Waals surface area contributed by atoms with Crippen molar-refractivity contribution in [3.8, 4) is 122 Å². The van der Waals surface area contributed by atoms with Crippen LogP contribution in [0.1, 0.15) is 0 Å². The van der Waals surface area contributed by atoms with Crippen LogP contribution in [0.5, 0.6) is 0 Å². The number of fused-ring (bicyclic) bond motifs is 6. The number of thiophene rings is 1. The number of hydrogen-bond acceptors (Lipinski definition) is 4. The number of rotatable bonds is 17. The maximum atomic E-state index is 7.51. The number of benzene rings is 18. The minimum absolute atomic E-state index is 0.805. The molecule has 2 heterocycles. The fraction of sp³-hybridized carbons (Fsp3) is 0. The summed E-state index contributed by atoms with van der Waals surface area (Å²) in [5.74, 6) is 0. The Labute approximate surface area is 656 Å². The second-order valence-electron chi connectivity index (χ2n) is 28.6. The fourth-order valence-corrected chi connectivity index (χ4v) is 17.6. The molecule has 2 aromatic heterocycles. The summed E-state index contributed by atoms with van der Waals surface area (Å²) in [7, 11) is 0. The number of furan rings is 1. The van der Waals surface area contributed by atoms with Gasteiger partial charge in [0.2, 0.25) is 0 Å². The largest absolute Gasteiger partial charge is 0.455 e. The zero-order chi connectivity index (χ0) is 74.3. The maximum Gasteiger partial charge on any atom is 0.145 e. The van der Waals surface area contributed by atoms with Gasteiger partial charge in [-0.25, -0.2) is 0 Å². The second kappa shape index (κ2) is 29.3. The van der Waals surface area contributed by atoms with E-state index in [9.17, 15) is 0 Å². The molecule has 0 amide bonds. The van der Waals surface area contributed by atoms with Crippen molar-refractivity contribution in [3.05, 3.63) is 437 Å². The molecule has 0 fully saturated rings. The van der Waals surface area contributed by atoms with Crippen molar-refractivity contribution < 1.29 is 4.42 Å². The first-order chi connectivity index (χ1) is 55.5. The molecule has 0 N–H and O–H groups in total. The Morgan fingerprint density at radius 3 is 1.07 bits per heavy atom. The summed E-state index contributed by atoms with van der Waals surface area (Å²) in [5.41, 5.74) is 32.9. The Kier molecular flexibility index (Phi) is 17.5. The summed E-state index contributed by atoms with van der Waals surface area (Å²) in [5, 5.41) is 4.64. The molecule has 0 saturated heterocycles. The molecule has 0 bridgehead atoms. The Balaban J connectivity index is 0.708. The zero-order valence-electron chi connectivity index (χ0n) is 61.3. The lowest BCUT2D eigenvalue weighted by atomic mass is 9.91. The smallest absolute Gasteiger partial charge is 0.145 e. The van der Waals surface area contributed by atoms with E-state index in [0.717, 1.165) is 128 Å². The van der Waals surface area contributed by atoms with E-state index < -0.39 is 0 Å². The third-order valence-electron chi connectivity index (χ3n) is 21.9. The fourth-order valence-electron chi connectivity index (χ4n) is 16.4.